The fraction of sp³-hybridized carbons (Fsp3) is 0.600. The molecule has 1 aromatic carbocycles. The number of hydrogen-bond donors (Lipinski definition) is 1. The smallest absolute Gasteiger partial charge is 0.336 e. The molecule has 2 saturated carbocycles. The van der Waals surface area contributed by atoms with E-state index in [-0.39, 0.29) is 41.4 Å². The zero-order chi connectivity index (χ0) is 25.0. The molecule has 0 radical (unpaired) electrons. The molecule has 0 amide bonds. The first-order valence-corrected chi connectivity index (χ1v) is 13.0. The van der Waals surface area contributed by atoms with Crippen molar-refractivity contribution in [3.05, 3.63) is 39.7 Å². The van der Waals surface area contributed by atoms with Crippen LogP contribution in [0.4, 0.5) is 0 Å². The first-order chi connectivity index (χ1) is 15.6. The minimum absolute atomic E-state index is 0.0252. The third-order valence-electron chi connectivity index (χ3n) is 9.04. The zero-order valence-corrected chi connectivity index (χ0v) is 20.7. The minimum atomic E-state index is -5.08. The molecule has 184 valence electrons. The molecule has 2 aromatic rings. The Morgan fingerprint density at radius 2 is 1.85 bits per heavy atom. The Bertz CT molecular complexity index is 1390. The van der Waals surface area contributed by atoms with E-state index >= 15 is 0 Å². The predicted molar refractivity (Wildman–Crippen MR) is 122 cm³/mol. The summed E-state index contributed by atoms with van der Waals surface area (Å²) in [4.78, 5) is 25.5. The Morgan fingerprint density at radius 3 is 2.41 bits per heavy atom. The lowest BCUT2D eigenvalue weighted by atomic mass is 9.60. The van der Waals surface area contributed by atoms with Crippen molar-refractivity contribution in [1.29, 1.82) is 0 Å². The van der Waals surface area contributed by atoms with Crippen molar-refractivity contribution in [3.8, 4) is 5.75 Å². The number of benzene rings is 1. The van der Waals surface area contributed by atoms with Crippen molar-refractivity contribution >= 4 is 26.9 Å². The number of ketones is 1. The summed E-state index contributed by atoms with van der Waals surface area (Å²) in [5.41, 5.74) is -3.24. The number of aryl methyl sites for hydroxylation is 1. The monoisotopic (exact) mass is 489 g/mol. The van der Waals surface area contributed by atoms with E-state index in [1.807, 2.05) is 13.8 Å². The number of aliphatic hydroxyl groups is 1. The highest BCUT2D eigenvalue weighted by molar-refractivity contribution is 7.86. The molecule has 0 saturated heterocycles. The summed E-state index contributed by atoms with van der Waals surface area (Å²) in [6.07, 6.45) is -0.385. The van der Waals surface area contributed by atoms with E-state index in [1.165, 1.54) is 6.07 Å². The topological polar surface area (TPSA) is 134 Å². The molecule has 2 aliphatic carbocycles. The van der Waals surface area contributed by atoms with E-state index in [4.69, 9.17) is 9.15 Å². The van der Waals surface area contributed by atoms with Crippen molar-refractivity contribution in [2.75, 3.05) is 0 Å². The van der Waals surface area contributed by atoms with Gasteiger partial charge in [0.25, 0.3) is 0 Å². The Kier molecular flexibility index (Phi) is 4.79. The van der Waals surface area contributed by atoms with Crippen molar-refractivity contribution in [3.63, 3.8) is 0 Å². The molecule has 9 heteroatoms. The Balaban J connectivity index is 1.79. The van der Waals surface area contributed by atoms with Gasteiger partial charge < -0.3 is 18.8 Å². The number of aliphatic hydroxyl groups excluding tert-OH is 1. The summed E-state index contributed by atoms with van der Waals surface area (Å²) in [7, 11) is -5.08. The fourth-order valence-electron chi connectivity index (χ4n) is 7.31. The van der Waals surface area contributed by atoms with Gasteiger partial charge in [-0.05, 0) is 62.6 Å². The average Bonchev–Trinajstić information content (AvgIpc) is 3.04. The van der Waals surface area contributed by atoms with Crippen molar-refractivity contribution < 1.29 is 32.0 Å². The molecule has 2 fully saturated rings. The summed E-state index contributed by atoms with van der Waals surface area (Å²) in [5.74, 6) is -1.29. The molecule has 1 aromatic heterocycles. The molecule has 2 heterocycles. The maximum absolute atomic E-state index is 13.4. The molecular weight excluding hydrogens is 460 g/mol. The predicted octanol–water partition coefficient (Wildman–Crippen LogP) is 3.23. The second-order valence-electron chi connectivity index (χ2n) is 11.2. The number of Topliss-reactive ketones (excluding diaryl/α,β-unsaturated/α-hetero) is 1. The Morgan fingerprint density at radius 1 is 1.18 bits per heavy atom. The number of carbonyl (C=O) groups excluding carboxylic acids is 1. The van der Waals surface area contributed by atoms with Crippen LogP contribution in [0.2, 0.25) is 0 Å². The third-order valence-corrected chi connectivity index (χ3v) is 10.4. The summed E-state index contributed by atoms with van der Waals surface area (Å²) < 4.78 is 50.7. The van der Waals surface area contributed by atoms with Gasteiger partial charge in [-0.25, -0.2) is 13.2 Å². The normalized spacial score (nSPS) is 32.4. The van der Waals surface area contributed by atoms with Gasteiger partial charge in [0.2, 0.25) is 0 Å². The number of ether oxygens (including phenoxy) is 1. The van der Waals surface area contributed by atoms with Crippen molar-refractivity contribution in [2.45, 2.75) is 70.8 Å². The van der Waals surface area contributed by atoms with Crippen LogP contribution in [0.15, 0.2) is 27.4 Å². The molecule has 1 N–H and O–H groups in total. The lowest BCUT2D eigenvalue weighted by molar-refractivity contribution is -0.135. The van der Waals surface area contributed by atoms with Crippen LogP contribution in [-0.2, 0) is 14.9 Å². The van der Waals surface area contributed by atoms with Crippen molar-refractivity contribution in [2.24, 2.45) is 22.7 Å². The molecule has 8 nitrogen and oxygen atoms in total. The second-order valence-corrected chi connectivity index (χ2v) is 12.7. The average molecular weight is 490 g/mol. The highest BCUT2D eigenvalue weighted by Crippen LogP contribution is 2.69. The quantitative estimate of drug-likeness (QED) is 0.513. The number of hydrogen-bond acceptors (Lipinski definition) is 8. The van der Waals surface area contributed by atoms with Gasteiger partial charge in [0, 0.05) is 23.8 Å². The lowest BCUT2D eigenvalue weighted by Gasteiger charge is -2.53. The number of rotatable bonds is 3. The van der Waals surface area contributed by atoms with Crippen LogP contribution in [0, 0.1) is 29.6 Å². The van der Waals surface area contributed by atoms with Crippen LogP contribution in [0.1, 0.15) is 64.2 Å². The van der Waals surface area contributed by atoms with Gasteiger partial charge in [-0.1, -0.05) is 13.8 Å². The van der Waals surface area contributed by atoms with Gasteiger partial charge in [0.1, 0.15) is 22.7 Å². The summed E-state index contributed by atoms with van der Waals surface area (Å²) in [6, 6.07) is 4.68. The van der Waals surface area contributed by atoms with Gasteiger partial charge in [-0.15, -0.1) is 0 Å². The zero-order valence-electron chi connectivity index (χ0n) is 19.9. The lowest BCUT2D eigenvalue weighted by Crippen LogP contribution is -2.61. The first kappa shape index (κ1) is 23.5. The van der Waals surface area contributed by atoms with E-state index < -0.39 is 49.4 Å². The molecular formula is C25H29O8S-. The van der Waals surface area contributed by atoms with E-state index in [1.54, 1.807) is 32.9 Å². The van der Waals surface area contributed by atoms with E-state index in [0.717, 1.165) is 0 Å². The molecule has 3 unspecified atom stereocenters. The van der Waals surface area contributed by atoms with Crippen LogP contribution in [0.25, 0.3) is 11.0 Å². The highest BCUT2D eigenvalue weighted by atomic mass is 32.2. The van der Waals surface area contributed by atoms with Crippen LogP contribution in [0.3, 0.4) is 0 Å². The standard InChI is InChI=1S/C25H30O8S/c1-12-10-17(27)32-21-14(12)6-7-15-18(21)20(28)19(24(4,5)33-15)22(34(29,30)31)25-9-8-13(11-16(25)26)23(25,2)3/h6-7,10,13,19-20,22,28H,8-9,11H2,1-5H3,(H,29,30,31)/p-1/t13?,19-,20-,22?,25?/m0/s1. The van der Waals surface area contributed by atoms with E-state index in [2.05, 4.69) is 0 Å². The summed E-state index contributed by atoms with van der Waals surface area (Å²) in [5, 5.41) is 10.6. The minimum Gasteiger partial charge on any atom is -0.748 e. The molecule has 2 bridgehead atoms. The summed E-state index contributed by atoms with van der Waals surface area (Å²) in [6.45, 7) is 8.67. The van der Waals surface area contributed by atoms with E-state index in [9.17, 15) is 27.7 Å². The van der Waals surface area contributed by atoms with E-state index in [0.29, 0.717) is 17.4 Å². The third kappa shape index (κ3) is 2.86. The molecule has 1 aliphatic heterocycles. The molecule has 3 aliphatic rings. The van der Waals surface area contributed by atoms with Crippen molar-refractivity contribution in [1.82, 2.24) is 0 Å². The van der Waals surface area contributed by atoms with Crippen LogP contribution in [-0.4, -0.2) is 34.7 Å². The SMILES string of the molecule is Cc1cc(=O)oc2c3c(ccc12)OC(C)(C)[C@H](C(C12CCC(CC1=O)C2(C)C)S(=O)(=O)[O-])[C@H]3O. The first-order valence-electron chi connectivity index (χ1n) is 11.6. The Labute approximate surface area is 198 Å². The van der Waals surface area contributed by atoms with Gasteiger partial charge in [0.05, 0.1) is 32.5 Å². The van der Waals surface area contributed by atoms with Crippen LogP contribution >= 0.6 is 0 Å². The summed E-state index contributed by atoms with van der Waals surface area (Å²) >= 11 is 0. The molecule has 5 rings (SSSR count). The maximum Gasteiger partial charge on any atom is 0.336 e. The number of carbonyl (C=O) groups is 1. The largest absolute Gasteiger partial charge is 0.748 e. The molecule has 34 heavy (non-hydrogen) atoms. The Hall–Kier alpha value is -2.23. The highest BCUT2D eigenvalue weighted by Gasteiger charge is 2.71. The second kappa shape index (κ2) is 6.92. The van der Waals surface area contributed by atoms with Crippen LogP contribution < -0.4 is 10.4 Å². The molecule has 5 atom stereocenters. The van der Waals surface area contributed by atoms with Gasteiger partial charge >= 0.3 is 5.63 Å². The van der Waals surface area contributed by atoms with Gasteiger partial charge in [-0.2, -0.15) is 0 Å². The fourth-order valence-corrected chi connectivity index (χ4v) is 9.19. The number of fused-ring (bicyclic) bond motifs is 5. The molecule has 0 spiro atoms. The maximum atomic E-state index is 13.4. The van der Waals surface area contributed by atoms with Crippen LogP contribution in [0.5, 0.6) is 5.75 Å². The van der Waals surface area contributed by atoms with Gasteiger partial charge in [0.15, 0.2) is 0 Å². The van der Waals surface area contributed by atoms with Gasteiger partial charge in [-0.3, -0.25) is 4.79 Å².